The van der Waals surface area contributed by atoms with Crippen LogP contribution in [-0.2, 0) is 20.9 Å². The Balaban J connectivity index is 1.96. The van der Waals surface area contributed by atoms with E-state index in [4.69, 9.17) is 9.47 Å². The number of aromatic hydroxyl groups is 1. The van der Waals surface area contributed by atoms with Crippen LogP contribution in [0.3, 0.4) is 0 Å². The Bertz CT molecular complexity index is 1280. The summed E-state index contributed by atoms with van der Waals surface area (Å²) in [6.45, 7) is 3.81. The molecule has 0 unspecified atom stereocenters. The number of rotatable bonds is 6. The number of hydrogen-bond donors (Lipinski definition) is 1. The molecule has 1 heterocycles. The van der Waals surface area contributed by atoms with Gasteiger partial charge in [-0.2, -0.15) is 5.10 Å². The summed E-state index contributed by atoms with van der Waals surface area (Å²) in [4.78, 5) is 13.0. The van der Waals surface area contributed by atoms with Crippen molar-refractivity contribution in [1.29, 1.82) is 0 Å². The van der Waals surface area contributed by atoms with E-state index < -0.39 is 5.97 Å². The van der Waals surface area contributed by atoms with Crippen molar-refractivity contribution < 1.29 is 19.4 Å². The van der Waals surface area contributed by atoms with Crippen LogP contribution in [0.25, 0.3) is 22.6 Å². The summed E-state index contributed by atoms with van der Waals surface area (Å²) in [7, 11) is 1.32. The van der Waals surface area contributed by atoms with Crippen LogP contribution in [0.4, 0.5) is 0 Å². The van der Waals surface area contributed by atoms with Crippen LogP contribution in [0.15, 0.2) is 89.7 Å². The molecule has 0 saturated carbocycles. The molecule has 4 rings (SSSR count). The van der Waals surface area contributed by atoms with Gasteiger partial charge in [0, 0.05) is 17.3 Å². The molecule has 6 nitrogen and oxygen atoms in total. The molecule has 1 aliphatic heterocycles. The van der Waals surface area contributed by atoms with Crippen molar-refractivity contribution in [1.82, 2.24) is 5.01 Å². The number of phenols is 1. The summed E-state index contributed by atoms with van der Waals surface area (Å²) in [5, 5.41) is 17.3. The van der Waals surface area contributed by atoms with Crippen molar-refractivity contribution >= 4 is 23.6 Å². The lowest BCUT2D eigenvalue weighted by Crippen LogP contribution is -2.29. The van der Waals surface area contributed by atoms with Gasteiger partial charge >= 0.3 is 5.97 Å². The maximum absolute atomic E-state index is 13.0. The Labute approximate surface area is 199 Å². The van der Waals surface area contributed by atoms with Gasteiger partial charge in [0.1, 0.15) is 12.4 Å². The van der Waals surface area contributed by atoms with E-state index in [9.17, 15) is 9.90 Å². The maximum Gasteiger partial charge on any atom is 0.360 e. The van der Waals surface area contributed by atoms with Crippen molar-refractivity contribution in [3.63, 3.8) is 0 Å². The average molecular weight is 455 g/mol. The van der Waals surface area contributed by atoms with E-state index >= 15 is 0 Å². The molecule has 0 aliphatic carbocycles. The standard InChI is InChI=1S/C28H26N2O4/c1-4-23-24-22(17-16-21(26(24)31)20-14-10-7-11-15-20)27(34-18-19-12-8-6-9-13-19)25(28(32)33-3)30(23)29-5-2/h4-17,31H,18H2,1-3H3/b23-4+,29-5-. The fourth-order valence-corrected chi connectivity index (χ4v) is 3.99. The number of hydrogen-bond acceptors (Lipinski definition) is 6. The Morgan fingerprint density at radius 2 is 1.62 bits per heavy atom. The normalized spacial score (nSPS) is 14.4. The number of fused-ring (bicyclic) bond motifs is 1. The molecule has 172 valence electrons. The highest BCUT2D eigenvalue weighted by atomic mass is 16.5. The van der Waals surface area contributed by atoms with Gasteiger partial charge in [-0.15, -0.1) is 0 Å². The van der Waals surface area contributed by atoms with E-state index in [2.05, 4.69) is 5.10 Å². The summed E-state index contributed by atoms with van der Waals surface area (Å²) in [6, 6.07) is 23.0. The first-order valence-electron chi connectivity index (χ1n) is 11.0. The van der Waals surface area contributed by atoms with Crippen LogP contribution in [0, 0.1) is 0 Å². The third-order valence-electron chi connectivity index (χ3n) is 5.53. The predicted molar refractivity (Wildman–Crippen MR) is 133 cm³/mol. The second-order valence-electron chi connectivity index (χ2n) is 7.55. The van der Waals surface area contributed by atoms with E-state index in [1.54, 1.807) is 19.2 Å². The summed E-state index contributed by atoms with van der Waals surface area (Å²) in [5.74, 6) is -0.222. The van der Waals surface area contributed by atoms with Crippen LogP contribution in [0.1, 0.15) is 30.5 Å². The van der Waals surface area contributed by atoms with Crippen molar-refractivity contribution in [3.8, 4) is 16.9 Å². The highest BCUT2D eigenvalue weighted by Gasteiger charge is 2.37. The molecule has 0 fully saturated rings. The lowest BCUT2D eigenvalue weighted by Gasteiger charge is -2.32. The van der Waals surface area contributed by atoms with E-state index in [0.717, 1.165) is 11.1 Å². The van der Waals surface area contributed by atoms with Gasteiger partial charge in [-0.1, -0.05) is 66.7 Å². The molecular weight excluding hydrogens is 428 g/mol. The molecule has 0 spiro atoms. The third kappa shape index (κ3) is 4.18. The van der Waals surface area contributed by atoms with Gasteiger partial charge in [0.05, 0.1) is 18.4 Å². The van der Waals surface area contributed by atoms with Crippen LogP contribution in [0.5, 0.6) is 5.75 Å². The quantitative estimate of drug-likeness (QED) is 0.377. The maximum atomic E-state index is 13.0. The minimum atomic E-state index is -0.592. The van der Waals surface area contributed by atoms with Crippen molar-refractivity contribution in [2.24, 2.45) is 5.10 Å². The number of carbonyl (C=O) groups excluding carboxylic acids is 1. The minimum absolute atomic E-state index is 0.0813. The molecule has 0 bridgehead atoms. The summed E-state index contributed by atoms with van der Waals surface area (Å²) in [5.41, 5.74) is 4.30. The fourth-order valence-electron chi connectivity index (χ4n) is 3.99. The van der Waals surface area contributed by atoms with Crippen molar-refractivity contribution in [3.05, 3.63) is 101 Å². The Kier molecular flexibility index (Phi) is 6.78. The van der Waals surface area contributed by atoms with Gasteiger partial charge in [0.25, 0.3) is 0 Å². The van der Waals surface area contributed by atoms with Crippen LogP contribution in [0.2, 0.25) is 0 Å². The number of hydrazone groups is 1. The monoisotopic (exact) mass is 454 g/mol. The van der Waals surface area contributed by atoms with Gasteiger partial charge in [-0.25, -0.2) is 9.80 Å². The Morgan fingerprint density at radius 3 is 2.24 bits per heavy atom. The number of ether oxygens (including phenoxy) is 2. The Morgan fingerprint density at radius 1 is 0.971 bits per heavy atom. The van der Waals surface area contributed by atoms with Gasteiger partial charge in [-0.3, -0.25) is 0 Å². The summed E-state index contributed by atoms with van der Waals surface area (Å²) >= 11 is 0. The fraction of sp³-hybridized carbons (Fsp3) is 0.143. The summed E-state index contributed by atoms with van der Waals surface area (Å²) < 4.78 is 11.3. The molecule has 0 radical (unpaired) electrons. The number of benzene rings is 3. The van der Waals surface area contributed by atoms with Gasteiger partial charge in [0.2, 0.25) is 0 Å². The van der Waals surface area contributed by atoms with E-state index in [1.807, 2.05) is 79.7 Å². The molecule has 0 amide bonds. The molecule has 0 aromatic heterocycles. The zero-order chi connectivity index (χ0) is 24.1. The van der Waals surface area contributed by atoms with Crippen LogP contribution < -0.4 is 0 Å². The van der Waals surface area contributed by atoms with Gasteiger partial charge in [0.15, 0.2) is 11.5 Å². The second kappa shape index (κ2) is 10.1. The molecular formula is C28H26N2O4. The molecule has 6 heteroatoms. The molecule has 3 aromatic rings. The first-order chi connectivity index (χ1) is 16.6. The number of carbonyl (C=O) groups is 1. The van der Waals surface area contributed by atoms with Gasteiger partial charge in [-0.05, 0) is 37.1 Å². The van der Waals surface area contributed by atoms with E-state index in [0.29, 0.717) is 22.4 Å². The first kappa shape index (κ1) is 22.9. The minimum Gasteiger partial charge on any atom is -0.507 e. The SMILES string of the molecule is C/C=N\N1C(C(=O)OC)=C(OCc2ccccc2)c2ccc(-c3ccccc3)c(O)c2/C1=C\C. The number of nitrogens with zero attached hydrogens (tertiary/aromatic N) is 2. The third-order valence-corrected chi connectivity index (χ3v) is 5.53. The molecule has 1 N–H and O–H groups in total. The lowest BCUT2D eigenvalue weighted by molar-refractivity contribution is -0.137. The highest BCUT2D eigenvalue weighted by Crippen LogP contribution is 2.47. The van der Waals surface area contributed by atoms with E-state index in [-0.39, 0.29) is 23.8 Å². The number of methoxy groups -OCH3 is 1. The zero-order valence-corrected chi connectivity index (χ0v) is 19.4. The Hall–Kier alpha value is -4.32. The zero-order valence-electron chi connectivity index (χ0n) is 19.4. The second-order valence-corrected chi connectivity index (χ2v) is 7.55. The molecule has 0 atom stereocenters. The number of esters is 1. The predicted octanol–water partition coefficient (Wildman–Crippen LogP) is 5.80. The van der Waals surface area contributed by atoms with Gasteiger partial charge < -0.3 is 14.6 Å². The molecule has 0 saturated heterocycles. The van der Waals surface area contributed by atoms with Crippen LogP contribution >= 0.6 is 0 Å². The lowest BCUT2D eigenvalue weighted by atomic mass is 9.91. The van der Waals surface area contributed by atoms with Crippen molar-refractivity contribution in [2.45, 2.75) is 20.5 Å². The van der Waals surface area contributed by atoms with Crippen LogP contribution in [-0.4, -0.2) is 29.4 Å². The first-order valence-corrected chi connectivity index (χ1v) is 11.0. The molecule has 1 aliphatic rings. The molecule has 3 aromatic carbocycles. The topological polar surface area (TPSA) is 71.4 Å². The number of allylic oxidation sites excluding steroid dienone is 1. The smallest absolute Gasteiger partial charge is 0.360 e. The largest absolute Gasteiger partial charge is 0.507 e. The summed E-state index contributed by atoms with van der Waals surface area (Å²) in [6.07, 6.45) is 3.38. The average Bonchev–Trinajstić information content (AvgIpc) is 2.88. The molecule has 34 heavy (non-hydrogen) atoms. The number of phenolic OH excluding ortho intramolecular Hbond substituents is 1. The highest BCUT2D eigenvalue weighted by molar-refractivity contribution is 6.03. The van der Waals surface area contributed by atoms with Crippen molar-refractivity contribution in [2.75, 3.05) is 7.11 Å². The van der Waals surface area contributed by atoms with E-state index in [1.165, 1.54) is 12.1 Å².